The molecule has 0 bridgehead atoms. The Labute approximate surface area is 184 Å². The topological polar surface area (TPSA) is 53.6 Å². The summed E-state index contributed by atoms with van der Waals surface area (Å²) in [7, 11) is 0. The van der Waals surface area contributed by atoms with E-state index in [1.165, 1.54) is 17.7 Å². The molecule has 0 saturated carbocycles. The number of aryl methyl sites for hydroxylation is 1. The van der Waals surface area contributed by atoms with E-state index in [1.54, 1.807) is 0 Å². The number of hydrogen-bond donors (Lipinski definition) is 2. The molecule has 0 unspecified atom stereocenters. The first kappa shape index (κ1) is 21.8. The van der Waals surface area contributed by atoms with Crippen molar-refractivity contribution in [3.63, 3.8) is 0 Å². The Kier molecular flexibility index (Phi) is 7.54. The van der Waals surface area contributed by atoms with Crippen molar-refractivity contribution < 1.29 is 13.9 Å². The number of rotatable bonds is 9. The van der Waals surface area contributed by atoms with Gasteiger partial charge in [-0.1, -0.05) is 18.2 Å². The molecule has 2 heterocycles. The van der Waals surface area contributed by atoms with Crippen LogP contribution < -0.4 is 15.4 Å². The van der Waals surface area contributed by atoms with Crippen LogP contribution in [-0.2, 0) is 17.8 Å². The van der Waals surface area contributed by atoms with Crippen LogP contribution in [0.15, 0.2) is 42.5 Å². The molecule has 1 fully saturated rings. The average Bonchev–Trinajstić information content (AvgIpc) is 2.79. The number of amides is 1. The zero-order chi connectivity index (χ0) is 21.5. The predicted molar refractivity (Wildman–Crippen MR) is 121 cm³/mol. The van der Waals surface area contributed by atoms with Crippen LogP contribution in [0.25, 0.3) is 0 Å². The number of carbonyl (C=O) groups is 1. The van der Waals surface area contributed by atoms with E-state index in [1.807, 2.05) is 24.3 Å². The number of nitrogens with zero attached hydrogens (tertiary/aromatic N) is 1. The number of nitrogens with one attached hydrogen (secondary N) is 2. The summed E-state index contributed by atoms with van der Waals surface area (Å²) in [5.74, 6) is 0.728. The fraction of sp³-hybridized carbons (Fsp3) is 0.480. The maximum absolute atomic E-state index is 13.0. The Morgan fingerprint density at radius 1 is 1.06 bits per heavy atom. The van der Waals surface area contributed by atoms with Gasteiger partial charge < -0.3 is 20.3 Å². The highest BCUT2D eigenvalue weighted by Crippen LogP contribution is 2.27. The molecule has 2 aromatic rings. The van der Waals surface area contributed by atoms with Gasteiger partial charge in [0, 0.05) is 30.8 Å². The molecular formula is C25H32FN3O2. The molecule has 0 atom stereocenters. The number of unbranched alkanes of at least 4 members (excludes halogenated alkanes) is 1. The number of ether oxygens (including phenoxy) is 1. The van der Waals surface area contributed by atoms with Crippen molar-refractivity contribution in [3.05, 3.63) is 59.4 Å². The lowest BCUT2D eigenvalue weighted by atomic mass is 10.0. The minimum absolute atomic E-state index is 0.0825. The molecule has 0 radical (unpaired) electrons. The molecule has 4 rings (SSSR count). The molecule has 1 amide bonds. The molecule has 2 aliphatic heterocycles. The van der Waals surface area contributed by atoms with Crippen molar-refractivity contribution in [1.29, 1.82) is 0 Å². The zero-order valence-corrected chi connectivity index (χ0v) is 18.0. The van der Waals surface area contributed by atoms with Crippen LogP contribution in [0.5, 0.6) is 5.75 Å². The third-order valence-electron chi connectivity index (χ3n) is 6.21. The van der Waals surface area contributed by atoms with Crippen LogP contribution in [0, 0.1) is 5.82 Å². The summed E-state index contributed by atoms with van der Waals surface area (Å²) in [4.78, 5) is 14.1. The van der Waals surface area contributed by atoms with Gasteiger partial charge in [-0.2, -0.15) is 0 Å². The maximum Gasteiger partial charge on any atom is 0.224 e. The summed E-state index contributed by atoms with van der Waals surface area (Å²) < 4.78 is 18.9. The molecule has 2 N–H and O–H groups in total. The van der Waals surface area contributed by atoms with Crippen molar-refractivity contribution >= 4 is 11.6 Å². The lowest BCUT2D eigenvalue weighted by molar-refractivity contribution is -0.116. The van der Waals surface area contributed by atoms with E-state index in [4.69, 9.17) is 4.74 Å². The van der Waals surface area contributed by atoms with E-state index < -0.39 is 0 Å². The smallest absolute Gasteiger partial charge is 0.224 e. The summed E-state index contributed by atoms with van der Waals surface area (Å²) >= 11 is 0. The van der Waals surface area contributed by atoms with Crippen molar-refractivity contribution in [2.75, 3.05) is 31.6 Å². The quantitative estimate of drug-likeness (QED) is 0.594. The predicted octanol–water partition coefficient (Wildman–Crippen LogP) is 4.12. The van der Waals surface area contributed by atoms with Crippen LogP contribution >= 0.6 is 0 Å². The fourth-order valence-corrected chi connectivity index (χ4v) is 4.29. The molecule has 6 heteroatoms. The minimum Gasteiger partial charge on any atom is -0.494 e. The second-order valence-electron chi connectivity index (χ2n) is 8.55. The largest absolute Gasteiger partial charge is 0.494 e. The highest BCUT2D eigenvalue weighted by atomic mass is 19.1. The Morgan fingerprint density at radius 2 is 1.87 bits per heavy atom. The molecule has 2 aliphatic rings. The highest BCUT2D eigenvalue weighted by molar-refractivity contribution is 5.94. The lowest BCUT2D eigenvalue weighted by Gasteiger charge is -2.32. The summed E-state index contributed by atoms with van der Waals surface area (Å²) in [5, 5.41) is 6.52. The molecule has 31 heavy (non-hydrogen) atoms. The zero-order valence-electron chi connectivity index (χ0n) is 18.0. The van der Waals surface area contributed by atoms with Gasteiger partial charge in [0.25, 0.3) is 0 Å². The van der Waals surface area contributed by atoms with Gasteiger partial charge in [0.15, 0.2) is 0 Å². The van der Waals surface area contributed by atoms with E-state index in [0.29, 0.717) is 19.1 Å². The Hall–Kier alpha value is -2.44. The fourth-order valence-electron chi connectivity index (χ4n) is 4.29. The number of halogens is 1. The first-order valence-corrected chi connectivity index (χ1v) is 11.4. The van der Waals surface area contributed by atoms with Gasteiger partial charge in [-0.3, -0.25) is 4.79 Å². The van der Waals surface area contributed by atoms with E-state index in [-0.39, 0.29) is 11.7 Å². The summed E-state index contributed by atoms with van der Waals surface area (Å²) in [6.07, 6.45) is 5.81. The van der Waals surface area contributed by atoms with Gasteiger partial charge >= 0.3 is 0 Å². The standard InChI is InChI=1S/C25H32FN3O2/c26-21-7-3-19(4-8-21)18-27-22-11-14-29(15-12-22)13-1-2-16-31-23-9-5-20-6-10-25(30)28-24(20)17-23/h3-5,7-9,17,22,27H,1-2,6,10-16,18H2,(H,28,30). The van der Waals surface area contributed by atoms with Gasteiger partial charge in [-0.05, 0) is 81.1 Å². The van der Waals surface area contributed by atoms with Crippen molar-refractivity contribution in [1.82, 2.24) is 10.2 Å². The molecule has 0 aliphatic carbocycles. The number of carbonyl (C=O) groups excluding carboxylic acids is 1. The molecule has 0 spiro atoms. The van der Waals surface area contributed by atoms with Crippen LogP contribution in [0.3, 0.4) is 0 Å². The number of hydrogen-bond acceptors (Lipinski definition) is 4. The minimum atomic E-state index is -0.182. The van der Waals surface area contributed by atoms with E-state index in [9.17, 15) is 9.18 Å². The van der Waals surface area contributed by atoms with Gasteiger partial charge in [0.05, 0.1) is 6.61 Å². The third kappa shape index (κ3) is 6.52. The van der Waals surface area contributed by atoms with E-state index >= 15 is 0 Å². The van der Waals surface area contributed by atoms with Crippen molar-refractivity contribution in [2.24, 2.45) is 0 Å². The second kappa shape index (κ2) is 10.7. The summed E-state index contributed by atoms with van der Waals surface area (Å²) in [6.45, 7) is 4.84. The number of fused-ring (bicyclic) bond motifs is 1. The lowest BCUT2D eigenvalue weighted by Crippen LogP contribution is -2.42. The monoisotopic (exact) mass is 425 g/mol. The van der Waals surface area contributed by atoms with Gasteiger partial charge in [-0.25, -0.2) is 4.39 Å². The van der Waals surface area contributed by atoms with E-state index in [0.717, 1.165) is 75.3 Å². The third-order valence-corrected chi connectivity index (χ3v) is 6.21. The van der Waals surface area contributed by atoms with Crippen LogP contribution in [0.4, 0.5) is 10.1 Å². The van der Waals surface area contributed by atoms with Crippen molar-refractivity contribution in [2.45, 2.75) is 51.1 Å². The summed E-state index contributed by atoms with van der Waals surface area (Å²) in [5.41, 5.74) is 3.21. The van der Waals surface area contributed by atoms with Gasteiger partial charge in [0.1, 0.15) is 11.6 Å². The molecule has 166 valence electrons. The second-order valence-corrected chi connectivity index (χ2v) is 8.55. The van der Waals surface area contributed by atoms with Crippen LogP contribution in [0.2, 0.25) is 0 Å². The number of likely N-dealkylation sites (tertiary alicyclic amines) is 1. The maximum atomic E-state index is 13.0. The van der Waals surface area contributed by atoms with Crippen LogP contribution in [0.1, 0.15) is 43.2 Å². The number of benzene rings is 2. The molecule has 1 saturated heterocycles. The molecular weight excluding hydrogens is 393 g/mol. The number of piperidine rings is 1. The SMILES string of the molecule is O=C1CCc2ccc(OCCCCN3CCC(NCc4ccc(F)cc4)CC3)cc2N1. The highest BCUT2D eigenvalue weighted by Gasteiger charge is 2.18. The van der Waals surface area contributed by atoms with Gasteiger partial charge in [0.2, 0.25) is 5.91 Å². The molecule has 0 aromatic heterocycles. The molecule has 5 nitrogen and oxygen atoms in total. The van der Waals surface area contributed by atoms with Gasteiger partial charge in [-0.15, -0.1) is 0 Å². The first-order chi connectivity index (χ1) is 15.2. The average molecular weight is 426 g/mol. The Balaban J connectivity index is 1.08. The first-order valence-electron chi connectivity index (χ1n) is 11.4. The van der Waals surface area contributed by atoms with E-state index in [2.05, 4.69) is 21.6 Å². The Bertz CT molecular complexity index is 864. The van der Waals surface area contributed by atoms with Crippen LogP contribution in [-0.4, -0.2) is 43.1 Å². The summed E-state index contributed by atoms with van der Waals surface area (Å²) in [6, 6.07) is 13.3. The number of anilines is 1. The van der Waals surface area contributed by atoms with Crippen molar-refractivity contribution in [3.8, 4) is 5.75 Å². The Morgan fingerprint density at radius 3 is 2.68 bits per heavy atom. The normalized spacial score (nSPS) is 17.3. The molecule has 2 aromatic carbocycles.